The van der Waals surface area contributed by atoms with Gasteiger partial charge >= 0.3 is 0 Å². The lowest BCUT2D eigenvalue weighted by Crippen LogP contribution is -2.19. The Bertz CT molecular complexity index is 523. The van der Waals surface area contributed by atoms with E-state index < -0.39 is 0 Å². The second-order valence-corrected chi connectivity index (χ2v) is 5.72. The third kappa shape index (κ3) is 2.77. The van der Waals surface area contributed by atoms with E-state index >= 15 is 0 Å². The molecule has 0 saturated heterocycles. The molecule has 5 heteroatoms. The first-order chi connectivity index (χ1) is 8.61. The summed E-state index contributed by atoms with van der Waals surface area (Å²) < 4.78 is 4.34. The van der Waals surface area contributed by atoms with Crippen LogP contribution in [0.4, 0.5) is 5.82 Å². The summed E-state index contributed by atoms with van der Waals surface area (Å²) in [6, 6.07) is 0.414. The van der Waals surface area contributed by atoms with Gasteiger partial charge < -0.3 is 5.32 Å². The van der Waals surface area contributed by atoms with Crippen LogP contribution in [0.15, 0.2) is 6.33 Å². The van der Waals surface area contributed by atoms with Gasteiger partial charge in [0.15, 0.2) is 0 Å². The Morgan fingerprint density at radius 1 is 1.33 bits per heavy atom. The normalized spacial score (nSPS) is 14.7. The molecule has 0 radical (unpaired) electrons. The molecule has 4 nitrogen and oxygen atoms in total. The van der Waals surface area contributed by atoms with Gasteiger partial charge in [0.2, 0.25) is 0 Å². The number of nitrogens with zero attached hydrogens (tertiary/aromatic N) is 3. The van der Waals surface area contributed by atoms with E-state index in [9.17, 15) is 0 Å². The fourth-order valence-corrected chi connectivity index (χ4v) is 2.84. The van der Waals surface area contributed by atoms with Crippen molar-refractivity contribution in [3.63, 3.8) is 0 Å². The SMILES string of the molecule is CCC(C)CC(C)Nc1ncnc2snc(C)c12. The van der Waals surface area contributed by atoms with Gasteiger partial charge in [-0.1, -0.05) is 20.3 Å². The molecule has 0 aliphatic heterocycles. The van der Waals surface area contributed by atoms with Gasteiger partial charge in [0.05, 0.1) is 11.1 Å². The third-order valence-electron chi connectivity index (χ3n) is 3.28. The molecular weight excluding hydrogens is 244 g/mol. The van der Waals surface area contributed by atoms with Gasteiger partial charge in [-0.2, -0.15) is 4.37 Å². The van der Waals surface area contributed by atoms with Crippen LogP contribution in [0.25, 0.3) is 10.2 Å². The molecule has 0 fully saturated rings. The lowest BCUT2D eigenvalue weighted by molar-refractivity contribution is 0.483. The van der Waals surface area contributed by atoms with Crippen LogP contribution in [0.1, 0.15) is 39.3 Å². The number of hydrogen-bond donors (Lipinski definition) is 1. The first kappa shape index (κ1) is 13.2. The standard InChI is InChI=1S/C13H20N4S/c1-5-8(2)6-9(3)16-12-11-10(4)17-18-13(11)15-7-14-12/h7-9H,5-6H2,1-4H3,(H,14,15,16). The van der Waals surface area contributed by atoms with Gasteiger partial charge in [-0.25, -0.2) is 9.97 Å². The lowest BCUT2D eigenvalue weighted by atomic mass is 10.0. The Balaban J connectivity index is 2.18. The van der Waals surface area contributed by atoms with E-state index in [-0.39, 0.29) is 0 Å². The number of fused-ring (bicyclic) bond motifs is 1. The largest absolute Gasteiger partial charge is 0.367 e. The van der Waals surface area contributed by atoms with E-state index in [0.29, 0.717) is 6.04 Å². The molecular formula is C13H20N4S. The highest BCUT2D eigenvalue weighted by Gasteiger charge is 2.13. The number of hydrogen-bond acceptors (Lipinski definition) is 5. The number of rotatable bonds is 5. The number of nitrogens with one attached hydrogen (secondary N) is 1. The molecule has 2 aromatic heterocycles. The van der Waals surface area contributed by atoms with Crippen molar-refractivity contribution in [2.24, 2.45) is 5.92 Å². The molecule has 2 heterocycles. The Kier molecular flexibility index (Phi) is 4.11. The molecule has 98 valence electrons. The summed E-state index contributed by atoms with van der Waals surface area (Å²) in [5, 5.41) is 4.56. The molecule has 2 aromatic rings. The molecule has 2 atom stereocenters. The summed E-state index contributed by atoms with van der Waals surface area (Å²) in [5.41, 5.74) is 1.01. The van der Waals surface area contributed by atoms with Crippen LogP contribution in [0.3, 0.4) is 0 Å². The van der Waals surface area contributed by atoms with Crippen LogP contribution in [-0.2, 0) is 0 Å². The summed E-state index contributed by atoms with van der Waals surface area (Å²) in [6.07, 6.45) is 3.97. The molecule has 0 aliphatic carbocycles. The highest BCUT2D eigenvalue weighted by atomic mass is 32.1. The van der Waals surface area contributed by atoms with Crippen molar-refractivity contribution < 1.29 is 0 Å². The smallest absolute Gasteiger partial charge is 0.149 e. The van der Waals surface area contributed by atoms with Crippen molar-refractivity contribution in [2.75, 3.05) is 5.32 Å². The topological polar surface area (TPSA) is 50.7 Å². The zero-order chi connectivity index (χ0) is 13.1. The fourth-order valence-electron chi connectivity index (χ4n) is 2.09. The zero-order valence-corrected chi connectivity index (χ0v) is 12.2. The van der Waals surface area contributed by atoms with Gasteiger partial charge in [0, 0.05) is 6.04 Å². The Hall–Kier alpha value is -1.23. The molecule has 0 amide bonds. The van der Waals surface area contributed by atoms with Crippen LogP contribution < -0.4 is 5.32 Å². The minimum absolute atomic E-state index is 0.414. The first-order valence-electron chi connectivity index (χ1n) is 6.45. The van der Waals surface area contributed by atoms with Gasteiger partial charge in [-0.05, 0) is 37.7 Å². The van der Waals surface area contributed by atoms with Crippen LogP contribution in [0.2, 0.25) is 0 Å². The van der Waals surface area contributed by atoms with Gasteiger partial charge in [0.25, 0.3) is 0 Å². The minimum Gasteiger partial charge on any atom is -0.367 e. The lowest BCUT2D eigenvalue weighted by Gasteiger charge is -2.18. The molecule has 2 rings (SSSR count). The van der Waals surface area contributed by atoms with Crippen molar-refractivity contribution in [3.05, 3.63) is 12.0 Å². The monoisotopic (exact) mass is 264 g/mol. The summed E-state index contributed by atoms with van der Waals surface area (Å²) in [4.78, 5) is 9.57. The van der Waals surface area contributed by atoms with Crippen LogP contribution in [0, 0.1) is 12.8 Å². The van der Waals surface area contributed by atoms with E-state index in [4.69, 9.17) is 0 Å². The van der Waals surface area contributed by atoms with Gasteiger partial charge in [-0.3, -0.25) is 0 Å². The third-order valence-corrected chi connectivity index (χ3v) is 4.13. The average Bonchev–Trinajstić information content (AvgIpc) is 2.72. The van der Waals surface area contributed by atoms with E-state index in [1.54, 1.807) is 6.33 Å². The van der Waals surface area contributed by atoms with Crippen molar-refractivity contribution in [3.8, 4) is 0 Å². The van der Waals surface area contributed by atoms with E-state index in [2.05, 4.69) is 40.4 Å². The maximum Gasteiger partial charge on any atom is 0.149 e. The molecule has 18 heavy (non-hydrogen) atoms. The summed E-state index contributed by atoms with van der Waals surface area (Å²) >= 11 is 1.43. The summed E-state index contributed by atoms with van der Waals surface area (Å²) in [7, 11) is 0. The second-order valence-electron chi connectivity index (χ2n) is 4.96. The number of aryl methyl sites for hydroxylation is 1. The molecule has 0 spiro atoms. The molecule has 0 aromatic carbocycles. The van der Waals surface area contributed by atoms with Crippen LogP contribution >= 0.6 is 11.5 Å². The van der Waals surface area contributed by atoms with Gasteiger partial charge in [-0.15, -0.1) is 0 Å². The number of aromatic nitrogens is 3. The predicted molar refractivity (Wildman–Crippen MR) is 77.1 cm³/mol. The Labute approximate surface area is 112 Å². The minimum atomic E-state index is 0.414. The van der Waals surface area contributed by atoms with Crippen molar-refractivity contribution in [1.29, 1.82) is 0 Å². The van der Waals surface area contributed by atoms with Crippen molar-refractivity contribution >= 4 is 27.6 Å². The molecule has 0 saturated carbocycles. The Morgan fingerprint density at radius 3 is 2.83 bits per heavy atom. The van der Waals surface area contributed by atoms with E-state index in [1.165, 1.54) is 18.0 Å². The van der Waals surface area contributed by atoms with E-state index in [1.807, 2.05) is 6.92 Å². The number of anilines is 1. The highest BCUT2D eigenvalue weighted by Crippen LogP contribution is 2.26. The first-order valence-corrected chi connectivity index (χ1v) is 7.22. The average molecular weight is 264 g/mol. The maximum atomic E-state index is 4.36. The molecule has 0 aliphatic rings. The predicted octanol–water partition coefficient (Wildman–Crippen LogP) is 3.63. The summed E-state index contributed by atoms with van der Waals surface area (Å²) in [5.74, 6) is 1.65. The van der Waals surface area contributed by atoms with E-state index in [0.717, 1.165) is 34.1 Å². The zero-order valence-electron chi connectivity index (χ0n) is 11.4. The quantitative estimate of drug-likeness (QED) is 0.896. The van der Waals surface area contributed by atoms with Crippen molar-refractivity contribution in [1.82, 2.24) is 14.3 Å². The maximum absolute atomic E-state index is 4.36. The second kappa shape index (κ2) is 5.61. The fraction of sp³-hybridized carbons (Fsp3) is 0.615. The molecule has 1 N–H and O–H groups in total. The Morgan fingerprint density at radius 2 is 2.11 bits per heavy atom. The van der Waals surface area contributed by atoms with Gasteiger partial charge in [0.1, 0.15) is 17.0 Å². The van der Waals surface area contributed by atoms with Crippen LogP contribution in [0.5, 0.6) is 0 Å². The molecule has 0 bridgehead atoms. The van der Waals surface area contributed by atoms with Crippen molar-refractivity contribution in [2.45, 2.75) is 46.6 Å². The molecule has 2 unspecified atom stereocenters. The summed E-state index contributed by atoms with van der Waals surface area (Å²) in [6.45, 7) is 8.72. The highest BCUT2D eigenvalue weighted by molar-refractivity contribution is 7.13. The van der Waals surface area contributed by atoms with Crippen LogP contribution in [-0.4, -0.2) is 20.4 Å².